The number of rotatable bonds is 10. The van der Waals surface area contributed by atoms with Crippen molar-refractivity contribution in [1.82, 2.24) is 15.2 Å². The fraction of sp³-hybridized carbons (Fsp3) is 0.440. The summed E-state index contributed by atoms with van der Waals surface area (Å²) in [5.41, 5.74) is 0.961. The minimum absolute atomic E-state index is 0.0236. The number of thiazole rings is 1. The standard InChI is InChI=1S/C25H26BrF3N4O4S/c1-37-24(36)20-18(12-33-13-25(28,29)11-15(33)4-2-3-5-19(34)35)31-22(23-30-8-9-38-23)32-21(20)16-7-6-14(27)10-17(16)26/h6-10,15,21H,2-5,11-13H2,1H3,(H,31,32)(H,34,35)/t15-,21+/m1/s1. The first-order valence-corrected chi connectivity index (χ1v) is 13.6. The molecule has 8 nitrogen and oxygen atoms in total. The van der Waals surface area contributed by atoms with Gasteiger partial charge >= 0.3 is 11.9 Å². The molecule has 2 N–H and O–H groups in total. The summed E-state index contributed by atoms with van der Waals surface area (Å²) < 4.78 is 48.4. The van der Waals surface area contributed by atoms with Crippen LogP contribution in [0.15, 0.2) is 50.5 Å². The number of aliphatic carboxylic acids is 1. The second-order valence-corrected chi connectivity index (χ2v) is 10.9. The normalized spacial score (nSPS) is 21.2. The van der Waals surface area contributed by atoms with Crippen LogP contribution in [-0.2, 0) is 14.3 Å². The monoisotopic (exact) mass is 614 g/mol. The molecule has 0 unspecified atom stereocenters. The number of carboxylic acids is 1. The van der Waals surface area contributed by atoms with Crippen molar-refractivity contribution >= 4 is 45.0 Å². The Morgan fingerprint density at radius 2 is 2.13 bits per heavy atom. The predicted molar refractivity (Wildman–Crippen MR) is 139 cm³/mol. The summed E-state index contributed by atoms with van der Waals surface area (Å²) in [6.07, 6.45) is 2.48. The van der Waals surface area contributed by atoms with E-state index < -0.39 is 42.3 Å². The van der Waals surface area contributed by atoms with Gasteiger partial charge in [0.2, 0.25) is 0 Å². The molecule has 0 amide bonds. The third-order valence-electron chi connectivity index (χ3n) is 6.45. The number of alkyl halides is 2. The zero-order valence-corrected chi connectivity index (χ0v) is 22.8. The van der Waals surface area contributed by atoms with Crippen molar-refractivity contribution in [3.05, 3.63) is 61.9 Å². The number of aliphatic imine (C=N–C) groups is 1. The molecule has 1 saturated heterocycles. The van der Waals surface area contributed by atoms with Gasteiger partial charge in [-0.1, -0.05) is 28.4 Å². The average Bonchev–Trinajstić information content (AvgIpc) is 3.48. The topological polar surface area (TPSA) is 104 Å². The molecule has 0 saturated carbocycles. The molecule has 2 aromatic rings. The van der Waals surface area contributed by atoms with Crippen LogP contribution >= 0.6 is 27.3 Å². The number of halogens is 4. The molecule has 4 rings (SSSR count). The first kappa shape index (κ1) is 28.2. The van der Waals surface area contributed by atoms with Gasteiger partial charge in [-0.2, -0.15) is 0 Å². The van der Waals surface area contributed by atoms with E-state index in [0.717, 1.165) is 0 Å². The number of carbonyl (C=O) groups is 2. The van der Waals surface area contributed by atoms with E-state index in [-0.39, 0.29) is 25.0 Å². The Balaban J connectivity index is 1.71. The number of methoxy groups -OCH3 is 1. The summed E-state index contributed by atoms with van der Waals surface area (Å²) in [5.74, 6) is -4.67. The summed E-state index contributed by atoms with van der Waals surface area (Å²) in [6.45, 7) is -0.534. The first-order chi connectivity index (χ1) is 18.1. The highest BCUT2D eigenvalue weighted by Gasteiger charge is 2.45. The number of carbonyl (C=O) groups excluding carboxylic acids is 1. The van der Waals surface area contributed by atoms with Crippen LogP contribution in [0, 0.1) is 5.82 Å². The molecule has 1 fully saturated rings. The van der Waals surface area contributed by atoms with Crippen molar-refractivity contribution in [3.8, 4) is 0 Å². The van der Waals surface area contributed by atoms with Gasteiger partial charge in [0.05, 0.1) is 19.2 Å². The molecule has 38 heavy (non-hydrogen) atoms. The van der Waals surface area contributed by atoms with Gasteiger partial charge in [0, 0.05) is 47.2 Å². The lowest BCUT2D eigenvalue weighted by Gasteiger charge is -2.31. The molecule has 0 spiro atoms. The van der Waals surface area contributed by atoms with Gasteiger partial charge in [0.15, 0.2) is 10.8 Å². The van der Waals surface area contributed by atoms with Gasteiger partial charge in [-0.3, -0.25) is 14.7 Å². The quantitative estimate of drug-likeness (QED) is 0.289. The Morgan fingerprint density at radius 3 is 2.79 bits per heavy atom. The predicted octanol–water partition coefficient (Wildman–Crippen LogP) is 4.92. The lowest BCUT2D eigenvalue weighted by Crippen LogP contribution is -2.41. The number of aromatic nitrogens is 1. The van der Waals surface area contributed by atoms with Gasteiger partial charge in [0.25, 0.3) is 5.92 Å². The Labute approximate surface area is 229 Å². The van der Waals surface area contributed by atoms with E-state index in [0.29, 0.717) is 45.8 Å². The number of carboxylic acid groups (broad SMARTS) is 1. The highest BCUT2D eigenvalue weighted by molar-refractivity contribution is 9.10. The minimum atomic E-state index is -2.93. The lowest BCUT2D eigenvalue weighted by atomic mass is 9.95. The van der Waals surface area contributed by atoms with Crippen molar-refractivity contribution in [3.63, 3.8) is 0 Å². The molecule has 1 aromatic heterocycles. The van der Waals surface area contributed by atoms with Crippen LogP contribution in [0.1, 0.15) is 48.7 Å². The molecule has 0 bridgehead atoms. The fourth-order valence-corrected chi connectivity index (χ4v) is 5.92. The average molecular weight is 615 g/mol. The summed E-state index contributed by atoms with van der Waals surface area (Å²) in [4.78, 5) is 34.5. The fourth-order valence-electron chi connectivity index (χ4n) is 4.76. The zero-order valence-electron chi connectivity index (χ0n) is 20.4. The van der Waals surface area contributed by atoms with E-state index >= 15 is 0 Å². The maximum atomic E-state index is 14.6. The molecule has 0 radical (unpaired) electrons. The second-order valence-electron chi connectivity index (χ2n) is 9.15. The number of hydrogen-bond acceptors (Lipinski definition) is 8. The molecule has 1 aromatic carbocycles. The van der Waals surface area contributed by atoms with Gasteiger partial charge in [-0.15, -0.1) is 11.3 Å². The highest BCUT2D eigenvalue weighted by Crippen LogP contribution is 2.39. The molecule has 3 heterocycles. The largest absolute Gasteiger partial charge is 0.481 e. The van der Waals surface area contributed by atoms with E-state index in [1.54, 1.807) is 16.5 Å². The number of amidine groups is 1. The Morgan fingerprint density at radius 1 is 1.34 bits per heavy atom. The number of hydrogen-bond donors (Lipinski definition) is 2. The van der Waals surface area contributed by atoms with Crippen molar-refractivity contribution in [1.29, 1.82) is 0 Å². The lowest BCUT2D eigenvalue weighted by molar-refractivity contribution is -0.137. The van der Waals surface area contributed by atoms with Gasteiger partial charge in [-0.05, 0) is 30.5 Å². The minimum Gasteiger partial charge on any atom is -0.481 e. The highest BCUT2D eigenvalue weighted by atomic mass is 79.9. The molecular weight excluding hydrogens is 589 g/mol. The smallest absolute Gasteiger partial charge is 0.338 e. The van der Waals surface area contributed by atoms with Gasteiger partial charge in [0.1, 0.15) is 11.9 Å². The summed E-state index contributed by atoms with van der Waals surface area (Å²) in [7, 11) is 1.22. The summed E-state index contributed by atoms with van der Waals surface area (Å²) in [5, 5.41) is 14.3. The number of benzene rings is 1. The molecular formula is C25H26BrF3N4O4S. The molecule has 2 atom stereocenters. The molecule has 2 aliphatic rings. The molecule has 2 aliphatic heterocycles. The number of nitrogens with zero attached hydrogens (tertiary/aromatic N) is 3. The van der Waals surface area contributed by atoms with Gasteiger partial charge in [-0.25, -0.2) is 22.9 Å². The summed E-state index contributed by atoms with van der Waals surface area (Å²) in [6, 6.07) is 2.60. The van der Waals surface area contributed by atoms with Crippen LogP contribution in [0.25, 0.3) is 0 Å². The Kier molecular flexibility index (Phi) is 8.89. The van der Waals surface area contributed by atoms with Crippen molar-refractivity contribution < 1.29 is 32.6 Å². The van der Waals surface area contributed by atoms with Crippen molar-refractivity contribution in [2.45, 2.75) is 50.1 Å². The maximum Gasteiger partial charge on any atom is 0.338 e. The number of likely N-dealkylation sites (tertiary alicyclic amines) is 1. The Hall–Kier alpha value is -2.77. The van der Waals surface area contributed by atoms with Crippen LogP contribution in [0.2, 0.25) is 0 Å². The van der Waals surface area contributed by atoms with E-state index in [9.17, 15) is 22.8 Å². The van der Waals surface area contributed by atoms with E-state index in [2.05, 4.69) is 26.2 Å². The van der Waals surface area contributed by atoms with Gasteiger partial charge < -0.3 is 15.2 Å². The Bertz CT molecular complexity index is 1260. The van der Waals surface area contributed by atoms with E-state index in [1.807, 2.05) is 0 Å². The van der Waals surface area contributed by atoms with Crippen LogP contribution in [-0.4, -0.2) is 64.9 Å². The van der Waals surface area contributed by atoms with Crippen LogP contribution in [0.5, 0.6) is 0 Å². The SMILES string of the molecule is COC(=O)C1=C(CN2CC(F)(F)C[C@H]2CCCCC(=O)O)NC(c2nccs2)=N[C@H]1c1ccc(F)cc1Br. The maximum absolute atomic E-state index is 14.6. The molecule has 0 aliphatic carbocycles. The first-order valence-electron chi connectivity index (χ1n) is 11.9. The zero-order chi connectivity index (χ0) is 27.4. The van der Waals surface area contributed by atoms with Crippen molar-refractivity contribution in [2.24, 2.45) is 4.99 Å². The number of ether oxygens (including phenoxy) is 1. The van der Waals surface area contributed by atoms with E-state index in [1.165, 1.54) is 36.6 Å². The number of unbranched alkanes of at least 4 members (excludes halogenated alkanes) is 1. The molecule has 204 valence electrons. The van der Waals surface area contributed by atoms with E-state index in [4.69, 9.17) is 14.8 Å². The van der Waals surface area contributed by atoms with Crippen LogP contribution in [0.3, 0.4) is 0 Å². The third kappa shape index (κ3) is 6.62. The van der Waals surface area contributed by atoms with Crippen LogP contribution in [0.4, 0.5) is 13.2 Å². The third-order valence-corrected chi connectivity index (χ3v) is 7.91. The summed E-state index contributed by atoms with van der Waals surface area (Å²) >= 11 is 4.67. The molecule has 13 heteroatoms. The second kappa shape index (κ2) is 12.0. The number of nitrogens with one attached hydrogen (secondary N) is 1. The van der Waals surface area contributed by atoms with Crippen molar-refractivity contribution in [2.75, 3.05) is 20.2 Å². The van der Waals surface area contributed by atoms with Crippen LogP contribution < -0.4 is 5.32 Å². The number of esters is 1.